The van der Waals surface area contributed by atoms with E-state index in [2.05, 4.69) is 10.1 Å². The average molecular weight is 447 g/mol. The topological polar surface area (TPSA) is 123 Å². The van der Waals surface area contributed by atoms with Gasteiger partial charge in [0.05, 0.1) is 11.5 Å². The maximum absolute atomic E-state index is 13.1. The van der Waals surface area contributed by atoms with Crippen LogP contribution in [0, 0.1) is 15.9 Å². The molecule has 0 atom stereocenters. The lowest BCUT2D eigenvalue weighted by molar-refractivity contribution is -0.387. The normalized spacial score (nSPS) is 15.8. The van der Waals surface area contributed by atoms with Crippen LogP contribution in [0.2, 0.25) is 0 Å². The first-order valence-corrected chi connectivity index (χ1v) is 10.8. The number of para-hydroxylation sites is 1. The number of benzene rings is 2. The molecular weight excluding hydrogens is 429 g/mol. The molecule has 1 aliphatic rings. The van der Waals surface area contributed by atoms with E-state index in [9.17, 15) is 22.9 Å². The van der Waals surface area contributed by atoms with Gasteiger partial charge in [-0.2, -0.15) is 9.29 Å². The van der Waals surface area contributed by atoms with Crippen molar-refractivity contribution >= 4 is 15.7 Å². The molecule has 1 aromatic heterocycles. The van der Waals surface area contributed by atoms with Crippen LogP contribution in [0.3, 0.4) is 0 Å². The SMILES string of the molecule is O=[N+]([O-])c1ccccc1S(=O)(=O)N1CCN(Cc2nc(-c3ccc(F)cc3)no2)CC1. The number of nitro benzene ring substituents is 1. The third-order valence-corrected chi connectivity index (χ3v) is 6.89. The molecular formula is C19H18FN5O5S. The molecule has 12 heteroatoms. The van der Waals surface area contributed by atoms with Crippen molar-refractivity contribution in [1.29, 1.82) is 0 Å². The Morgan fingerprint density at radius 3 is 2.42 bits per heavy atom. The molecule has 0 saturated carbocycles. The number of hydrogen-bond acceptors (Lipinski definition) is 8. The lowest BCUT2D eigenvalue weighted by atomic mass is 10.2. The highest BCUT2D eigenvalue weighted by Gasteiger charge is 2.33. The molecule has 0 spiro atoms. The molecule has 2 aromatic carbocycles. The predicted octanol–water partition coefficient (Wildman–Crippen LogP) is 2.29. The Kier molecular flexibility index (Phi) is 5.76. The number of aromatic nitrogens is 2. The van der Waals surface area contributed by atoms with E-state index in [-0.39, 0.29) is 23.8 Å². The van der Waals surface area contributed by atoms with Gasteiger partial charge < -0.3 is 4.52 Å². The molecule has 0 aliphatic carbocycles. The first-order valence-electron chi connectivity index (χ1n) is 9.39. The Bertz CT molecular complexity index is 1190. The standard InChI is InChI=1S/C19H18FN5O5S/c20-15-7-5-14(6-8-15)19-21-18(30-22-19)13-23-9-11-24(12-10-23)31(28,29)17-4-2-1-3-16(17)25(26)27/h1-8H,9-13H2. The van der Waals surface area contributed by atoms with Crippen LogP contribution < -0.4 is 0 Å². The van der Waals surface area contributed by atoms with Crippen molar-refractivity contribution in [1.82, 2.24) is 19.3 Å². The second-order valence-corrected chi connectivity index (χ2v) is 8.83. The minimum absolute atomic E-state index is 0.174. The molecule has 0 bridgehead atoms. The minimum atomic E-state index is -3.99. The lowest BCUT2D eigenvalue weighted by Crippen LogP contribution is -2.48. The third-order valence-electron chi connectivity index (χ3n) is 4.94. The smallest absolute Gasteiger partial charge is 0.289 e. The van der Waals surface area contributed by atoms with Crippen LogP contribution >= 0.6 is 0 Å². The molecule has 10 nitrogen and oxygen atoms in total. The largest absolute Gasteiger partial charge is 0.338 e. The Morgan fingerprint density at radius 1 is 1.06 bits per heavy atom. The second-order valence-electron chi connectivity index (χ2n) is 6.92. The highest BCUT2D eigenvalue weighted by atomic mass is 32.2. The third kappa shape index (κ3) is 4.45. The van der Waals surface area contributed by atoms with Crippen LogP contribution in [-0.2, 0) is 16.6 Å². The fourth-order valence-electron chi connectivity index (χ4n) is 3.32. The summed E-state index contributed by atoms with van der Waals surface area (Å²) in [7, 11) is -3.99. The Labute approximate surface area is 177 Å². The Morgan fingerprint density at radius 2 is 1.74 bits per heavy atom. The van der Waals surface area contributed by atoms with Crippen LogP contribution in [0.1, 0.15) is 5.89 Å². The van der Waals surface area contributed by atoms with Gasteiger partial charge in [-0.05, 0) is 30.3 Å². The maximum atomic E-state index is 13.1. The van der Waals surface area contributed by atoms with E-state index >= 15 is 0 Å². The summed E-state index contributed by atoms with van der Waals surface area (Å²) < 4.78 is 45.3. The van der Waals surface area contributed by atoms with Gasteiger partial charge in [-0.15, -0.1) is 0 Å². The number of nitrogens with zero attached hydrogens (tertiary/aromatic N) is 5. The zero-order valence-corrected chi connectivity index (χ0v) is 17.0. The first kappa shape index (κ1) is 21.0. The average Bonchev–Trinajstić information content (AvgIpc) is 3.23. The van der Waals surface area contributed by atoms with Gasteiger partial charge in [-0.1, -0.05) is 17.3 Å². The van der Waals surface area contributed by atoms with Crippen molar-refractivity contribution in [2.75, 3.05) is 26.2 Å². The summed E-state index contributed by atoms with van der Waals surface area (Å²) in [6.07, 6.45) is 0. The highest BCUT2D eigenvalue weighted by Crippen LogP contribution is 2.27. The van der Waals surface area contributed by atoms with E-state index in [4.69, 9.17) is 4.52 Å². The number of rotatable bonds is 6. The van der Waals surface area contributed by atoms with E-state index in [1.807, 2.05) is 4.90 Å². The number of hydrogen-bond donors (Lipinski definition) is 0. The van der Waals surface area contributed by atoms with Gasteiger partial charge in [0.2, 0.25) is 21.7 Å². The molecule has 0 unspecified atom stereocenters. The van der Waals surface area contributed by atoms with Crippen molar-refractivity contribution in [3.63, 3.8) is 0 Å². The fourth-order valence-corrected chi connectivity index (χ4v) is 4.90. The summed E-state index contributed by atoms with van der Waals surface area (Å²) in [4.78, 5) is 16.4. The number of sulfonamides is 1. The minimum Gasteiger partial charge on any atom is -0.338 e. The molecule has 2 heterocycles. The van der Waals surface area contributed by atoms with Crippen LogP contribution in [0.25, 0.3) is 11.4 Å². The van der Waals surface area contributed by atoms with Crippen molar-refractivity contribution in [2.45, 2.75) is 11.4 Å². The monoisotopic (exact) mass is 447 g/mol. The molecule has 1 saturated heterocycles. The highest BCUT2D eigenvalue weighted by molar-refractivity contribution is 7.89. The lowest BCUT2D eigenvalue weighted by Gasteiger charge is -2.32. The summed E-state index contributed by atoms with van der Waals surface area (Å²) in [5, 5.41) is 15.1. The maximum Gasteiger partial charge on any atom is 0.289 e. The molecule has 162 valence electrons. The molecule has 31 heavy (non-hydrogen) atoms. The molecule has 0 N–H and O–H groups in total. The number of piperazine rings is 1. The van der Waals surface area contributed by atoms with Gasteiger partial charge in [0, 0.05) is 37.8 Å². The summed E-state index contributed by atoms with van der Waals surface area (Å²) in [5.41, 5.74) is 0.181. The molecule has 1 fully saturated rings. The van der Waals surface area contributed by atoms with Crippen LogP contribution in [0.5, 0.6) is 0 Å². The van der Waals surface area contributed by atoms with Crippen LogP contribution in [0.15, 0.2) is 57.9 Å². The quantitative estimate of drug-likeness (QED) is 0.417. The first-order chi connectivity index (χ1) is 14.8. The Hall–Kier alpha value is -3.22. The van der Waals surface area contributed by atoms with Gasteiger partial charge >= 0.3 is 0 Å². The van der Waals surface area contributed by atoms with Crippen molar-refractivity contribution in [3.05, 3.63) is 70.4 Å². The van der Waals surface area contributed by atoms with Crippen LogP contribution in [0.4, 0.5) is 10.1 Å². The van der Waals surface area contributed by atoms with Crippen LogP contribution in [-0.4, -0.2) is 58.9 Å². The number of nitro groups is 1. The van der Waals surface area contributed by atoms with Gasteiger partial charge in [-0.3, -0.25) is 15.0 Å². The fraction of sp³-hybridized carbons (Fsp3) is 0.263. The Balaban J connectivity index is 1.40. The van der Waals surface area contributed by atoms with Gasteiger partial charge in [0.25, 0.3) is 5.69 Å². The molecule has 3 aromatic rings. The molecule has 4 rings (SSSR count). The number of halogens is 1. The van der Waals surface area contributed by atoms with E-state index in [0.717, 1.165) is 0 Å². The van der Waals surface area contributed by atoms with Gasteiger partial charge in [0.1, 0.15) is 5.82 Å². The zero-order valence-electron chi connectivity index (χ0n) is 16.2. The summed E-state index contributed by atoms with van der Waals surface area (Å²) in [6, 6.07) is 11.0. The molecule has 1 aliphatic heterocycles. The van der Waals surface area contributed by atoms with Crippen molar-refractivity contribution < 1.29 is 22.3 Å². The molecule has 0 amide bonds. The van der Waals surface area contributed by atoms with E-state index in [1.165, 1.54) is 40.7 Å². The second kappa shape index (κ2) is 8.49. The van der Waals surface area contributed by atoms with E-state index in [0.29, 0.717) is 36.9 Å². The molecule has 0 radical (unpaired) electrons. The zero-order chi connectivity index (χ0) is 22.0. The van der Waals surface area contributed by atoms with Crippen molar-refractivity contribution in [3.8, 4) is 11.4 Å². The predicted molar refractivity (Wildman–Crippen MR) is 107 cm³/mol. The van der Waals surface area contributed by atoms with E-state index < -0.39 is 20.6 Å². The van der Waals surface area contributed by atoms with Crippen molar-refractivity contribution in [2.24, 2.45) is 0 Å². The summed E-state index contributed by atoms with van der Waals surface area (Å²) in [6.45, 7) is 1.47. The van der Waals surface area contributed by atoms with Gasteiger partial charge in [-0.25, -0.2) is 12.8 Å². The van der Waals surface area contributed by atoms with Gasteiger partial charge in [0.15, 0.2) is 4.90 Å². The summed E-state index contributed by atoms with van der Waals surface area (Å²) >= 11 is 0. The summed E-state index contributed by atoms with van der Waals surface area (Å²) in [5.74, 6) is 0.336. The van der Waals surface area contributed by atoms with E-state index in [1.54, 1.807) is 12.1 Å².